The molecule has 0 bridgehead atoms. The summed E-state index contributed by atoms with van der Waals surface area (Å²) in [4.78, 5) is 0. The van der Waals surface area contributed by atoms with Gasteiger partial charge >= 0.3 is 0 Å². The van der Waals surface area contributed by atoms with E-state index in [0.717, 1.165) is 22.3 Å². The van der Waals surface area contributed by atoms with Gasteiger partial charge in [-0.25, -0.2) is 0 Å². The Labute approximate surface area is 153 Å². The molecule has 0 aliphatic rings. The lowest BCUT2D eigenvalue weighted by Gasteiger charge is -2.02. The number of nitriles is 2. The van der Waals surface area contributed by atoms with Crippen LogP contribution in [0, 0.1) is 22.7 Å². The fraction of sp³-hybridized carbons (Fsp3) is 0. The fourth-order valence-corrected chi connectivity index (χ4v) is 2.66. The minimum absolute atomic E-state index is 0.653. The molecule has 0 radical (unpaired) electrons. The van der Waals surface area contributed by atoms with Crippen LogP contribution in [0.3, 0.4) is 0 Å². The Morgan fingerprint density at radius 2 is 0.769 bits per heavy atom. The van der Waals surface area contributed by atoms with E-state index in [1.807, 2.05) is 97.1 Å². The van der Waals surface area contributed by atoms with Crippen molar-refractivity contribution in [2.24, 2.45) is 0 Å². The van der Waals surface area contributed by atoms with Crippen LogP contribution in [0.4, 0.5) is 0 Å². The number of hydrogen-bond donors (Lipinski definition) is 0. The first kappa shape index (κ1) is 17.0. The van der Waals surface area contributed by atoms with Gasteiger partial charge in [0.25, 0.3) is 0 Å². The molecule has 0 fully saturated rings. The monoisotopic (exact) mass is 332 g/mol. The van der Waals surface area contributed by atoms with Crippen molar-refractivity contribution < 1.29 is 0 Å². The summed E-state index contributed by atoms with van der Waals surface area (Å²) in [6, 6.07) is 27.5. The zero-order chi connectivity index (χ0) is 18.2. The first-order valence-corrected chi connectivity index (χ1v) is 8.25. The lowest BCUT2D eigenvalue weighted by atomic mass is 10.0. The molecule has 122 valence electrons. The lowest BCUT2D eigenvalue weighted by Crippen LogP contribution is -1.83. The van der Waals surface area contributed by atoms with Crippen molar-refractivity contribution in [3.05, 3.63) is 106 Å². The van der Waals surface area contributed by atoms with Crippen molar-refractivity contribution >= 4 is 24.3 Å². The van der Waals surface area contributed by atoms with E-state index in [2.05, 4.69) is 12.1 Å². The second-order valence-corrected chi connectivity index (χ2v) is 5.69. The Kier molecular flexibility index (Phi) is 5.41. The van der Waals surface area contributed by atoms with Gasteiger partial charge in [-0.05, 0) is 34.4 Å². The van der Waals surface area contributed by atoms with Crippen LogP contribution in [0.25, 0.3) is 24.3 Å². The second-order valence-electron chi connectivity index (χ2n) is 5.69. The Bertz CT molecular complexity index is 973. The quantitative estimate of drug-likeness (QED) is 0.569. The molecule has 0 aliphatic heterocycles. The van der Waals surface area contributed by atoms with Gasteiger partial charge in [-0.15, -0.1) is 0 Å². The highest BCUT2D eigenvalue weighted by Gasteiger charge is 2.00. The van der Waals surface area contributed by atoms with E-state index in [4.69, 9.17) is 0 Å². The van der Waals surface area contributed by atoms with Gasteiger partial charge in [0.05, 0.1) is 23.3 Å². The average molecular weight is 332 g/mol. The van der Waals surface area contributed by atoms with Gasteiger partial charge in [-0.3, -0.25) is 0 Å². The summed E-state index contributed by atoms with van der Waals surface area (Å²) in [7, 11) is 0. The van der Waals surface area contributed by atoms with Crippen molar-refractivity contribution in [1.29, 1.82) is 10.5 Å². The van der Waals surface area contributed by atoms with Crippen molar-refractivity contribution in [3.8, 4) is 12.1 Å². The van der Waals surface area contributed by atoms with Crippen LogP contribution in [0.2, 0.25) is 0 Å². The molecule has 3 aromatic carbocycles. The Morgan fingerprint density at radius 3 is 1.15 bits per heavy atom. The number of rotatable bonds is 4. The smallest absolute Gasteiger partial charge is 0.0997 e. The molecule has 3 rings (SSSR count). The van der Waals surface area contributed by atoms with E-state index in [1.54, 1.807) is 0 Å². The summed E-state index contributed by atoms with van der Waals surface area (Å²) in [6.45, 7) is 0. The normalized spacial score (nSPS) is 10.7. The third kappa shape index (κ3) is 3.96. The summed E-state index contributed by atoms with van der Waals surface area (Å²) < 4.78 is 0. The zero-order valence-electron chi connectivity index (χ0n) is 14.1. The van der Waals surface area contributed by atoms with Gasteiger partial charge in [0.15, 0.2) is 0 Å². The highest BCUT2D eigenvalue weighted by molar-refractivity contribution is 5.81. The van der Waals surface area contributed by atoms with Crippen LogP contribution in [-0.2, 0) is 0 Å². The molecular weight excluding hydrogens is 316 g/mol. The topological polar surface area (TPSA) is 47.6 Å². The SMILES string of the molecule is N#Cc1ccccc1C=Cc1ccccc1C=Cc1ccccc1C#N. The molecule has 26 heavy (non-hydrogen) atoms. The van der Waals surface area contributed by atoms with Crippen molar-refractivity contribution in [2.75, 3.05) is 0 Å². The third-order valence-electron chi connectivity index (χ3n) is 4.04. The molecular formula is C24H16N2. The van der Waals surface area contributed by atoms with Gasteiger partial charge in [0, 0.05) is 0 Å². The zero-order valence-corrected chi connectivity index (χ0v) is 14.1. The summed E-state index contributed by atoms with van der Waals surface area (Å²) in [5, 5.41) is 18.4. The Balaban J connectivity index is 1.92. The van der Waals surface area contributed by atoms with Crippen molar-refractivity contribution in [1.82, 2.24) is 0 Å². The maximum absolute atomic E-state index is 9.21. The molecule has 0 amide bonds. The van der Waals surface area contributed by atoms with E-state index in [9.17, 15) is 10.5 Å². The van der Waals surface area contributed by atoms with Gasteiger partial charge in [-0.2, -0.15) is 10.5 Å². The molecule has 0 saturated heterocycles. The lowest BCUT2D eigenvalue weighted by molar-refractivity contribution is 1.47. The standard InChI is InChI=1S/C24H16N2/c25-17-23-11-5-3-9-21(23)15-13-19-7-1-2-8-20(19)14-16-22-10-4-6-12-24(22)18-26/h1-16H. The Hall–Kier alpha value is -3.88. The van der Waals surface area contributed by atoms with Gasteiger partial charge in [0.1, 0.15) is 0 Å². The van der Waals surface area contributed by atoms with E-state index < -0.39 is 0 Å². The van der Waals surface area contributed by atoms with Crippen molar-refractivity contribution in [2.45, 2.75) is 0 Å². The molecule has 0 unspecified atom stereocenters. The highest BCUT2D eigenvalue weighted by Crippen LogP contribution is 2.19. The van der Waals surface area contributed by atoms with E-state index >= 15 is 0 Å². The third-order valence-corrected chi connectivity index (χ3v) is 4.04. The first-order valence-electron chi connectivity index (χ1n) is 8.25. The molecule has 0 heterocycles. The van der Waals surface area contributed by atoms with Gasteiger partial charge < -0.3 is 0 Å². The molecule has 0 aromatic heterocycles. The Morgan fingerprint density at radius 1 is 0.462 bits per heavy atom. The molecule has 0 saturated carbocycles. The fourth-order valence-electron chi connectivity index (χ4n) is 2.66. The van der Waals surface area contributed by atoms with E-state index in [1.165, 1.54) is 0 Å². The maximum atomic E-state index is 9.21. The molecule has 0 aliphatic carbocycles. The molecule has 0 spiro atoms. The van der Waals surface area contributed by atoms with E-state index in [-0.39, 0.29) is 0 Å². The number of hydrogen-bond acceptors (Lipinski definition) is 2. The molecule has 2 nitrogen and oxygen atoms in total. The van der Waals surface area contributed by atoms with Gasteiger partial charge in [0.2, 0.25) is 0 Å². The minimum Gasteiger partial charge on any atom is -0.192 e. The summed E-state index contributed by atoms with van der Waals surface area (Å²) in [6.07, 6.45) is 7.92. The van der Waals surface area contributed by atoms with Crippen LogP contribution in [-0.4, -0.2) is 0 Å². The molecule has 0 atom stereocenters. The average Bonchev–Trinajstić information content (AvgIpc) is 2.71. The van der Waals surface area contributed by atoms with Crippen LogP contribution < -0.4 is 0 Å². The van der Waals surface area contributed by atoms with Crippen LogP contribution in [0.15, 0.2) is 72.8 Å². The summed E-state index contributed by atoms with van der Waals surface area (Å²) >= 11 is 0. The minimum atomic E-state index is 0.653. The number of nitrogens with zero attached hydrogens (tertiary/aromatic N) is 2. The maximum Gasteiger partial charge on any atom is 0.0997 e. The van der Waals surface area contributed by atoms with Crippen LogP contribution >= 0.6 is 0 Å². The van der Waals surface area contributed by atoms with Crippen molar-refractivity contribution in [3.63, 3.8) is 0 Å². The predicted octanol–water partition coefficient (Wildman–Crippen LogP) is 5.77. The highest BCUT2D eigenvalue weighted by atomic mass is 14.2. The summed E-state index contributed by atoms with van der Waals surface area (Å²) in [5.74, 6) is 0. The summed E-state index contributed by atoms with van der Waals surface area (Å²) in [5.41, 5.74) is 5.18. The first-order chi connectivity index (χ1) is 12.8. The van der Waals surface area contributed by atoms with Gasteiger partial charge in [-0.1, -0.05) is 85.0 Å². The largest absolute Gasteiger partial charge is 0.192 e. The predicted molar refractivity (Wildman–Crippen MR) is 107 cm³/mol. The molecule has 3 aromatic rings. The molecule has 0 N–H and O–H groups in total. The van der Waals surface area contributed by atoms with Crippen LogP contribution in [0.5, 0.6) is 0 Å². The van der Waals surface area contributed by atoms with Crippen LogP contribution in [0.1, 0.15) is 33.4 Å². The molecule has 2 heteroatoms. The second kappa shape index (κ2) is 8.29. The number of benzene rings is 3. The van der Waals surface area contributed by atoms with E-state index in [0.29, 0.717) is 11.1 Å².